The van der Waals surface area contributed by atoms with Crippen LogP contribution < -0.4 is 10.1 Å². The molecule has 0 atom stereocenters. The number of benzene rings is 2. The Morgan fingerprint density at radius 1 is 1.11 bits per heavy atom. The topological polar surface area (TPSA) is 21.3 Å². The van der Waals surface area contributed by atoms with Crippen molar-refractivity contribution in [2.45, 2.75) is 13.5 Å². The van der Waals surface area contributed by atoms with Gasteiger partial charge in [0.15, 0.2) is 0 Å². The zero-order valence-corrected chi connectivity index (χ0v) is 12.6. The Morgan fingerprint density at radius 2 is 1.89 bits per heavy atom. The van der Waals surface area contributed by atoms with Gasteiger partial charge in [0.25, 0.3) is 0 Å². The molecule has 1 N–H and O–H groups in total. The van der Waals surface area contributed by atoms with Gasteiger partial charge in [0.2, 0.25) is 0 Å². The van der Waals surface area contributed by atoms with Crippen molar-refractivity contribution in [3.8, 4) is 5.75 Å². The first-order valence-electron chi connectivity index (χ1n) is 6.39. The maximum absolute atomic E-state index is 5.72. The third kappa shape index (κ3) is 4.69. The molecule has 0 bridgehead atoms. The Hall–Kier alpha value is -1.32. The van der Waals surface area contributed by atoms with E-state index >= 15 is 0 Å². The standard InChI is InChI=1S/C16H18BrNO/c1-13-7-8-16(15(17)11-13)19-10-9-18-12-14-5-3-2-4-6-14/h2-8,11,18H,9-10,12H2,1H3. The van der Waals surface area contributed by atoms with E-state index < -0.39 is 0 Å². The molecule has 0 spiro atoms. The van der Waals surface area contributed by atoms with E-state index in [-0.39, 0.29) is 0 Å². The van der Waals surface area contributed by atoms with E-state index in [0.29, 0.717) is 6.61 Å². The molecule has 0 radical (unpaired) electrons. The van der Waals surface area contributed by atoms with Crippen molar-refractivity contribution in [2.75, 3.05) is 13.2 Å². The highest BCUT2D eigenvalue weighted by Gasteiger charge is 2.00. The number of ether oxygens (including phenoxy) is 1. The lowest BCUT2D eigenvalue weighted by molar-refractivity contribution is 0.312. The summed E-state index contributed by atoms with van der Waals surface area (Å²) >= 11 is 3.51. The summed E-state index contributed by atoms with van der Waals surface area (Å²) in [6.45, 7) is 4.43. The Balaban J connectivity index is 1.69. The maximum Gasteiger partial charge on any atom is 0.133 e. The average molecular weight is 320 g/mol. The highest BCUT2D eigenvalue weighted by Crippen LogP contribution is 2.25. The summed E-state index contributed by atoms with van der Waals surface area (Å²) in [6, 6.07) is 16.5. The summed E-state index contributed by atoms with van der Waals surface area (Å²) in [5.41, 5.74) is 2.51. The van der Waals surface area contributed by atoms with Crippen LogP contribution in [0.4, 0.5) is 0 Å². The van der Waals surface area contributed by atoms with Crippen LogP contribution in [-0.4, -0.2) is 13.2 Å². The van der Waals surface area contributed by atoms with Crippen molar-refractivity contribution in [1.82, 2.24) is 5.32 Å². The average Bonchev–Trinajstić information content (AvgIpc) is 2.42. The van der Waals surface area contributed by atoms with Crippen molar-refractivity contribution in [3.05, 3.63) is 64.1 Å². The molecule has 100 valence electrons. The van der Waals surface area contributed by atoms with Gasteiger partial charge in [-0.05, 0) is 46.1 Å². The number of nitrogens with one attached hydrogen (secondary N) is 1. The molecule has 0 heterocycles. The highest BCUT2D eigenvalue weighted by atomic mass is 79.9. The molecular weight excluding hydrogens is 302 g/mol. The van der Waals surface area contributed by atoms with E-state index in [1.54, 1.807) is 0 Å². The third-order valence-corrected chi connectivity index (χ3v) is 3.42. The predicted octanol–water partition coefficient (Wildman–Crippen LogP) is 3.93. The highest BCUT2D eigenvalue weighted by molar-refractivity contribution is 9.10. The van der Waals surface area contributed by atoms with Gasteiger partial charge in [-0.3, -0.25) is 0 Å². The number of aryl methyl sites for hydroxylation is 1. The summed E-state index contributed by atoms with van der Waals surface area (Å²) in [4.78, 5) is 0. The SMILES string of the molecule is Cc1ccc(OCCNCc2ccccc2)c(Br)c1. The second-order valence-corrected chi connectivity index (χ2v) is 5.30. The molecular formula is C16H18BrNO. The fourth-order valence-electron chi connectivity index (χ4n) is 1.78. The Labute approximate surface area is 122 Å². The zero-order chi connectivity index (χ0) is 13.5. The van der Waals surface area contributed by atoms with Crippen LogP contribution in [0.2, 0.25) is 0 Å². The summed E-state index contributed by atoms with van der Waals surface area (Å²) in [6.07, 6.45) is 0. The second-order valence-electron chi connectivity index (χ2n) is 4.44. The monoisotopic (exact) mass is 319 g/mol. The van der Waals surface area contributed by atoms with Crippen molar-refractivity contribution in [1.29, 1.82) is 0 Å². The Morgan fingerprint density at radius 3 is 2.63 bits per heavy atom. The first-order valence-corrected chi connectivity index (χ1v) is 7.18. The van der Waals surface area contributed by atoms with Crippen molar-refractivity contribution >= 4 is 15.9 Å². The molecule has 0 aromatic heterocycles. The first kappa shape index (κ1) is 14.1. The van der Waals surface area contributed by atoms with Gasteiger partial charge >= 0.3 is 0 Å². The summed E-state index contributed by atoms with van der Waals surface area (Å²) in [7, 11) is 0. The number of hydrogen-bond donors (Lipinski definition) is 1. The molecule has 0 saturated carbocycles. The van der Waals surface area contributed by atoms with E-state index in [4.69, 9.17) is 4.74 Å². The van der Waals surface area contributed by atoms with E-state index in [9.17, 15) is 0 Å². The van der Waals surface area contributed by atoms with Gasteiger partial charge in [0.1, 0.15) is 12.4 Å². The quantitative estimate of drug-likeness (QED) is 0.815. The van der Waals surface area contributed by atoms with Crippen molar-refractivity contribution < 1.29 is 4.74 Å². The molecule has 0 aliphatic rings. The molecule has 2 nitrogen and oxygen atoms in total. The van der Waals surface area contributed by atoms with Crippen molar-refractivity contribution in [3.63, 3.8) is 0 Å². The maximum atomic E-state index is 5.72. The molecule has 0 saturated heterocycles. The number of halogens is 1. The van der Waals surface area contributed by atoms with Gasteiger partial charge in [-0.25, -0.2) is 0 Å². The lowest BCUT2D eigenvalue weighted by Gasteiger charge is -2.09. The van der Waals surface area contributed by atoms with E-state index in [2.05, 4.69) is 64.6 Å². The minimum Gasteiger partial charge on any atom is -0.491 e. The number of hydrogen-bond acceptors (Lipinski definition) is 2. The summed E-state index contributed by atoms with van der Waals surface area (Å²) in [5.74, 6) is 0.895. The minimum absolute atomic E-state index is 0.661. The Kier molecular flexibility index (Phi) is 5.43. The van der Waals surface area contributed by atoms with Crippen LogP contribution in [0.25, 0.3) is 0 Å². The van der Waals surface area contributed by atoms with Crippen LogP contribution in [0.1, 0.15) is 11.1 Å². The van der Waals surface area contributed by atoms with Crippen LogP contribution >= 0.6 is 15.9 Å². The fourth-order valence-corrected chi connectivity index (χ4v) is 2.39. The number of rotatable bonds is 6. The Bertz CT molecular complexity index is 513. The van der Waals surface area contributed by atoms with Crippen LogP contribution in [0.3, 0.4) is 0 Å². The molecule has 2 rings (SSSR count). The van der Waals surface area contributed by atoms with E-state index in [0.717, 1.165) is 23.3 Å². The first-order chi connectivity index (χ1) is 9.25. The van der Waals surface area contributed by atoms with Gasteiger partial charge in [-0.2, -0.15) is 0 Å². The van der Waals surface area contributed by atoms with E-state index in [1.165, 1.54) is 11.1 Å². The lowest BCUT2D eigenvalue weighted by atomic mass is 10.2. The summed E-state index contributed by atoms with van der Waals surface area (Å²) < 4.78 is 6.73. The van der Waals surface area contributed by atoms with Gasteiger partial charge in [0.05, 0.1) is 4.47 Å². The normalized spacial score (nSPS) is 10.4. The molecule has 0 amide bonds. The smallest absolute Gasteiger partial charge is 0.133 e. The molecule has 0 unspecified atom stereocenters. The van der Waals surface area contributed by atoms with E-state index in [1.807, 2.05) is 12.1 Å². The molecule has 0 fully saturated rings. The largest absolute Gasteiger partial charge is 0.491 e. The molecule has 0 aliphatic carbocycles. The lowest BCUT2D eigenvalue weighted by Crippen LogP contribution is -2.20. The minimum atomic E-state index is 0.661. The van der Waals surface area contributed by atoms with Gasteiger partial charge in [-0.15, -0.1) is 0 Å². The van der Waals surface area contributed by atoms with Gasteiger partial charge < -0.3 is 10.1 Å². The predicted molar refractivity (Wildman–Crippen MR) is 82.5 cm³/mol. The molecule has 2 aromatic carbocycles. The van der Waals surface area contributed by atoms with Gasteiger partial charge in [0, 0.05) is 13.1 Å². The summed E-state index contributed by atoms with van der Waals surface area (Å²) in [5, 5.41) is 3.36. The second kappa shape index (κ2) is 7.31. The molecule has 3 heteroatoms. The molecule has 0 aliphatic heterocycles. The fraction of sp³-hybridized carbons (Fsp3) is 0.250. The third-order valence-electron chi connectivity index (χ3n) is 2.80. The molecule has 19 heavy (non-hydrogen) atoms. The van der Waals surface area contributed by atoms with Crippen LogP contribution in [0.5, 0.6) is 5.75 Å². The zero-order valence-electron chi connectivity index (χ0n) is 11.0. The van der Waals surface area contributed by atoms with Crippen LogP contribution in [-0.2, 0) is 6.54 Å². The van der Waals surface area contributed by atoms with Crippen LogP contribution in [0, 0.1) is 6.92 Å². The van der Waals surface area contributed by atoms with Gasteiger partial charge in [-0.1, -0.05) is 36.4 Å². The van der Waals surface area contributed by atoms with Crippen molar-refractivity contribution in [2.24, 2.45) is 0 Å². The molecule has 2 aromatic rings. The van der Waals surface area contributed by atoms with Crippen LogP contribution in [0.15, 0.2) is 53.0 Å².